The molecule has 0 atom stereocenters. The van der Waals surface area contributed by atoms with Gasteiger partial charge in [0.2, 0.25) is 0 Å². The first kappa shape index (κ1) is 12.7. The normalized spacial score (nSPS) is 10.2. The molecule has 0 unspecified atom stereocenters. The summed E-state index contributed by atoms with van der Waals surface area (Å²) in [6.07, 6.45) is 2.69. The smallest absolute Gasteiger partial charge is 0.133 e. The molecule has 0 spiro atoms. The van der Waals surface area contributed by atoms with Crippen LogP contribution < -0.4 is 15.5 Å². The van der Waals surface area contributed by atoms with Crippen molar-refractivity contribution in [3.63, 3.8) is 0 Å². The Morgan fingerprint density at radius 3 is 2.81 bits per heavy atom. The van der Waals surface area contributed by atoms with Crippen LogP contribution in [0.15, 0.2) is 12.4 Å². The molecule has 5 heteroatoms. The van der Waals surface area contributed by atoms with Gasteiger partial charge in [-0.05, 0) is 13.5 Å². The van der Waals surface area contributed by atoms with Crippen LogP contribution in [0.4, 0.5) is 11.6 Å². The molecule has 0 amide bonds. The summed E-state index contributed by atoms with van der Waals surface area (Å²) in [6.45, 7) is 4.95. The van der Waals surface area contributed by atoms with Gasteiger partial charge in [-0.1, -0.05) is 6.92 Å². The summed E-state index contributed by atoms with van der Waals surface area (Å²) in [5, 5.41) is 6.37. The highest BCUT2D eigenvalue weighted by molar-refractivity contribution is 5.47. The van der Waals surface area contributed by atoms with Gasteiger partial charge in [-0.2, -0.15) is 0 Å². The average molecular weight is 223 g/mol. The van der Waals surface area contributed by atoms with Gasteiger partial charge in [-0.15, -0.1) is 0 Å². The lowest BCUT2D eigenvalue weighted by atomic mass is 10.4. The predicted molar refractivity (Wildman–Crippen MR) is 68.0 cm³/mol. The summed E-state index contributed by atoms with van der Waals surface area (Å²) in [6, 6.07) is 1.98. The van der Waals surface area contributed by atoms with E-state index in [0.717, 1.165) is 37.7 Å². The molecule has 0 aliphatic rings. The third kappa shape index (κ3) is 4.02. The second-order valence-corrected chi connectivity index (χ2v) is 3.71. The second kappa shape index (κ2) is 7.00. The van der Waals surface area contributed by atoms with Gasteiger partial charge >= 0.3 is 0 Å². The number of rotatable bonds is 7. The molecule has 0 bridgehead atoms. The van der Waals surface area contributed by atoms with Crippen LogP contribution in [0.3, 0.4) is 0 Å². The van der Waals surface area contributed by atoms with Crippen LogP contribution in [0.2, 0.25) is 0 Å². The van der Waals surface area contributed by atoms with Crippen molar-refractivity contribution in [1.82, 2.24) is 15.3 Å². The topological polar surface area (TPSA) is 53.1 Å². The van der Waals surface area contributed by atoms with Crippen LogP contribution in [0, 0.1) is 0 Å². The minimum atomic E-state index is 0.892. The van der Waals surface area contributed by atoms with Gasteiger partial charge in [-0.3, -0.25) is 0 Å². The van der Waals surface area contributed by atoms with E-state index in [1.54, 1.807) is 6.33 Å². The Kier molecular flexibility index (Phi) is 5.56. The molecule has 1 heterocycles. The van der Waals surface area contributed by atoms with Crippen LogP contribution in [-0.2, 0) is 0 Å². The summed E-state index contributed by atoms with van der Waals surface area (Å²) in [7, 11) is 3.98. The molecule has 0 aliphatic carbocycles. The molecule has 1 aromatic heterocycles. The van der Waals surface area contributed by atoms with Crippen molar-refractivity contribution in [2.24, 2.45) is 0 Å². The monoisotopic (exact) mass is 223 g/mol. The van der Waals surface area contributed by atoms with Gasteiger partial charge in [0, 0.05) is 32.7 Å². The number of likely N-dealkylation sites (N-methyl/N-ethyl adjacent to an activating group) is 2. The summed E-state index contributed by atoms with van der Waals surface area (Å²) in [5.74, 6) is 1.84. The zero-order valence-electron chi connectivity index (χ0n) is 10.3. The lowest BCUT2D eigenvalue weighted by molar-refractivity contribution is 0.760. The zero-order chi connectivity index (χ0) is 11.8. The molecular formula is C11H21N5. The molecule has 0 fully saturated rings. The van der Waals surface area contributed by atoms with Crippen LogP contribution in [0.1, 0.15) is 13.3 Å². The third-order valence-electron chi connectivity index (χ3n) is 2.30. The maximum atomic E-state index is 4.25. The van der Waals surface area contributed by atoms with E-state index in [2.05, 4.69) is 32.4 Å². The standard InChI is InChI=1S/C11H21N5/c1-4-5-13-10-8-11(15-9-14-10)16(3)7-6-12-2/h8-9,12H,4-7H2,1-3H3,(H,13,14,15). The van der Waals surface area contributed by atoms with Gasteiger partial charge in [-0.25, -0.2) is 9.97 Å². The number of anilines is 2. The molecule has 0 aromatic carbocycles. The van der Waals surface area contributed by atoms with Crippen LogP contribution in [0.25, 0.3) is 0 Å². The number of hydrogen-bond donors (Lipinski definition) is 2. The fraction of sp³-hybridized carbons (Fsp3) is 0.636. The van der Waals surface area contributed by atoms with Crippen LogP contribution >= 0.6 is 0 Å². The van der Waals surface area contributed by atoms with E-state index in [4.69, 9.17) is 0 Å². The predicted octanol–water partition coefficient (Wildman–Crippen LogP) is 0.954. The summed E-state index contributed by atoms with van der Waals surface area (Å²) in [4.78, 5) is 10.5. The summed E-state index contributed by atoms with van der Waals surface area (Å²) in [5.41, 5.74) is 0. The van der Waals surface area contributed by atoms with Gasteiger partial charge < -0.3 is 15.5 Å². The first-order valence-corrected chi connectivity index (χ1v) is 5.69. The number of hydrogen-bond acceptors (Lipinski definition) is 5. The van der Waals surface area contributed by atoms with E-state index in [0.29, 0.717) is 0 Å². The van der Waals surface area contributed by atoms with Gasteiger partial charge in [0.1, 0.15) is 18.0 Å². The molecular weight excluding hydrogens is 202 g/mol. The van der Waals surface area contributed by atoms with Crippen LogP contribution in [-0.4, -0.2) is 43.7 Å². The molecule has 1 aromatic rings. The molecule has 2 N–H and O–H groups in total. The Morgan fingerprint density at radius 2 is 2.12 bits per heavy atom. The largest absolute Gasteiger partial charge is 0.370 e. The van der Waals surface area contributed by atoms with E-state index in [9.17, 15) is 0 Å². The third-order valence-corrected chi connectivity index (χ3v) is 2.30. The molecule has 16 heavy (non-hydrogen) atoms. The first-order valence-electron chi connectivity index (χ1n) is 5.69. The SMILES string of the molecule is CCCNc1cc(N(C)CCNC)ncn1. The Hall–Kier alpha value is -1.36. The van der Waals surface area contributed by atoms with Gasteiger partial charge in [0.05, 0.1) is 0 Å². The van der Waals surface area contributed by atoms with Crippen LogP contribution in [0.5, 0.6) is 0 Å². The molecule has 90 valence electrons. The lowest BCUT2D eigenvalue weighted by Gasteiger charge is -2.18. The van der Waals surface area contributed by atoms with E-state index < -0.39 is 0 Å². The molecule has 0 radical (unpaired) electrons. The van der Waals surface area contributed by atoms with E-state index >= 15 is 0 Å². The quantitative estimate of drug-likeness (QED) is 0.721. The highest BCUT2D eigenvalue weighted by Crippen LogP contribution is 2.11. The number of nitrogens with one attached hydrogen (secondary N) is 2. The van der Waals surface area contributed by atoms with E-state index in [-0.39, 0.29) is 0 Å². The Labute approximate surface area is 97.3 Å². The molecule has 0 aliphatic heterocycles. The minimum absolute atomic E-state index is 0.892. The Morgan fingerprint density at radius 1 is 1.31 bits per heavy atom. The van der Waals surface area contributed by atoms with Crippen molar-refractivity contribution in [3.8, 4) is 0 Å². The maximum Gasteiger partial charge on any atom is 0.133 e. The van der Waals surface area contributed by atoms with Gasteiger partial charge in [0.15, 0.2) is 0 Å². The summed E-state index contributed by atoms with van der Waals surface area (Å²) < 4.78 is 0. The fourth-order valence-electron chi connectivity index (χ4n) is 1.30. The Bertz CT molecular complexity index is 302. The number of aromatic nitrogens is 2. The van der Waals surface area contributed by atoms with Crippen molar-refractivity contribution < 1.29 is 0 Å². The van der Waals surface area contributed by atoms with Crippen molar-refractivity contribution in [1.29, 1.82) is 0 Å². The summed E-state index contributed by atoms with van der Waals surface area (Å²) >= 11 is 0. The molecule has 1 rings (SSSR count). The average Bonchev–Trinajstić information content (AvgIpc) is 2.33. The minimum Gasteiger partial charge on any atom is -0.370 e. The van der Waals surface area contributed by atoms with E-state index in [1.165, 1.54) is 0 Å². The first-order chi connectivity index (χ1) is 7.77. The number of nitrogens with zero attached hydrogens (tertiary/aromatic N) is 3. The Balaban J connectivity index is 2.58. The van der Waals surface area contributed by atoms with Crippen molar-refractivity contribution in [2.45, 2.75) is 13.3 Å². The highest BCUT2D eigenvalue weighted by Gasteiger charge is 2.03. The highest BCUT2D eigenvalue weighted by atomic mass is 15.2. The maximum absolute atomic E-state index is 4.25. The second-order valence-electron chi connectivity index (χ2n) is 3.71. The molecule has 0 saturated carbocycles. The lowest BCUT2D eigenvalue weighted by Crippen LogP contribution is -2.27. The molecule has 5 nitrogen and oxygen atoms in total. The van der Waals surface area contributed by atoms with Crippen molar-refractivity contribution >= 4 is 11.6 Å². The van der Waals surface area contributed by atoms with Crippen molar-refractivity contribution in [3.05, 3.63) is 12.4 Å². The zero-order valence-corrected chi connectivity index (χ0v) is 10.3. The van der Waals surface area contributed by atoms with E-state index in [1.807, 2.05) is 20.2 Å². The molecule has 0 saturated heterocycles. The van der Waals surface area contributed by atoms with Crippen molar-refractivity contribution in [2.75, 3.05) is 43.9 Å². The van der Waals surface area contributed by atoms with Gasteiger partial charge in [0.25, 0.3) is 0 Å². The fourth-order valence-corrected chi connectivity index (χ4v) is 1.30.